The second-order valence-electron chi connectivity index (χ2n) is 6.11. The van der Waals surface area contributed by atoms with Crippen molar-refractivity contribution in [2.45, 2.75) is 24.3 Å². The van der Waals surface area contributed by atoms with Gasteiger partial charge in [0, 0.05) is 20.2 Å². The lowest BCUT2D eigenvalue weighted by atomic mass is 10.1. The molecule has 0 aliphatic rings. The molecule has 0 aromatic heterocycles. The molecule has 160 valence electrons. The summed E-state index contributed by atoms with van der Waals surface area (Å²) in [6.07, 6.45) is 0.629. The fraction of sp³-hybridized carbons (Fsp3) is 0.412. The van der Waals surface area contributed by atoms with Crippen LogP contribution in [0.5, 0.6) is 5.75 Å². The minimum Gasteiger partial charge on any atom is -0.504 e. The van der Waals surface area contributed by atoms with Crippen LogP contribution in [-0.2, 0) is 19.6 Å². The number of anilines is 3. The van der Waals surface area contributed by atoms with Crippen molar-refractivity contribution >= 4 is 38.7 Å². The highest BCUT2D eigenvalue weighted by atomic mass is 35.5. The van der Waals surface area contributed by atoms with E-state index in [2.05, 4.69) is 15.5 Å². The van der Waals surface area contributed by atoms with Crippen molar-refractivity contribution in [2.24, 2.45) is 0 Å². The van der Waals surface area contributed by atoms with Crippen molar-refractivity contribution in [3.8, 4) is 5.75 Å². The number of phenolic OH excluding ortho intramolecular Hbond substituents is 1. The average Bonchev–Trinajstić information content (AvgIpc) is 2.69. The maximum Gasteiger partial charge on any atom is 0.269 e. The molecular weight excluding hydrogens is 426 g/mol. The van der Waals surface area contributed by atoms with Gasteiger partial charge in [-0.25, -0.2) is 8.42 Å². The van der Waals surface area contributed by atoms with E-state index in [1.54, 1.807) is 0 Å². The zero-order valence-electron chi connectivity index (χ0n) is 16.3. The summed E-state index contributed by atoms with van der Waals surface area (Å²) < 4.78 is 30.7. The Labute approximate surface area is 172 Å². The molecule has 2 rings (SSSR count). The number of halogens is 1. The van der Waals surface area contributed by atoms with Crippen molar-refractivity contribution in [3.63, 3.8) is 0 Å². The average molecular weight is 448 g/mol. The Balaban J connectivity index is 2.45. The molecule has 12 heteroatoms. The largest absolute Gasteiger partial charge is 0.504 e. The van der Waals surface area contributed by atoms with E-state index >= 15 is 0 Å². The van der Waals surface area contributed by atoms with Gasteiger partial charge in [0.25, 0.3) is 20.9 Å². The first-order valence-corrected chi connectivity index (χ1v) is 10.3. The minimum absolute atomic E-state index is 0.0340. The molecule has 0 aliphatic carbocycles. The maximum atomic E-state index is 12.5. The second-order valence-corrected chi connectivity index (χ2v) is 8.39. The molecule has 10 nitrogen and oxygen atoms in total. The molecule has 0 spiro atoms. The molecule has 3 N–H and O–H groups in total. The van der Waals surface area contributed by atoms with Crippen LogP contribution in [-0.4, -0.2) is 51.9 Å². The quantitative estimate of drug-likeness (QED) is 0.280. The second kappa shape index (κ2) is 9.09. The van der Waals surface area contributed by atoms with Gasteiger partial charge in [-0.05, 0) is 18.6 Å². The van der Waals surface area contributed by atoms with Crippen LogP contribution in [0.1, 0.15) is 13.3 Å². The van der Waals surface area contributed by atoms with Crippen molar-refractivity contribution in [3.05, 3.63) is 37.6 Å². The van der Waals surface area contributed by atoms with Crippen molar-refractivity contribution in [1.82, 2.24) is 4.47 Å². The maximum absolute atomic E-state index is 12.5. The van der Waals surface area contributed by atoms with Crippen LogP contribution in [0.2, 0.25) is 5.02 Å². The highest BCUT2D eigenvalue weighted by molar-refractivity contribution is 7.89. The number of hydrogen-bond acceptors (Lipinski definition) is 9. The number of hydrogen-bond donors (Lipinski definition) is 3. The van der Waals surface area contributed by atoms with E-state index in [1.165, 1.54) is 19.2 Å². The van der Waals surface area contributed by atoms with Gasteiger partial charge in [-0.2, -0.15) is 0 Å². The Hall–Kier alpha value is -2.18. The third-order valence-corrected chi connectivity index (χ3v) is 6.50. The molecule has 0 saturated heterocycles. The zero-order chi connectivity index (χ0) is 21.9. The van der Waals surface area contributed by atoms with Crippen molar-refractivity contribution in [2.75, 3.05) is 38.5 Å². The number of hydroxylamine groups is 1. The lowest BCUT2D eigenvalue weighted by Crippen LogP contribution is -2.40. The van der Waals surface area contributed by atoms with Gasteiger partial charge in [0.2, 0.25) is 0 Å². The highest BCUT2D eigenvalue weighted by Crippen LogP contribution is 2.39. The van der Waals surface area contributed by atoms with E-state index in [1.807, 2.05) is 6.92 Å². The Bertz CT molecular complexity index is 1060. The molecule has 29 heavy (non-hydrogen) atoms. The van der Waals surface area contributed by atoms with Crippen LogP contribution in [0.25, 0.3) is 0 Å². The number of methoxy groups -OCH3 is 1. The molecule has 0 bridgehead atoms. The number of nitrogens with one attached hydrogen (secondary N) is 2. The van der Waals surface area contributed by atoms with Crippen LogP contribution in [0.3, 0.4) is 0 Å². The molecular formula is C17H22ClN3O7S. The monoisotopic (exact) mass is 447 g/mol. The van der Waals surface area contributed by atoms with Gasteiger partial charge >= 0.3 is 0 Å². The molecule has 1 atom stereocenters. The van der Waals surface area contributed by atoms with Crippen LogP contribution in [0, 0.1) is 0 Å². The third-order valence-electron chi connectivity index (χ3n) is 4.32. The molecule has 2 aromatic rings. The normalized spacial score (nSPS) is 13.0. The first-order valence-electron chi connectivity index (χ1n) is 8.50. The van der Waals surface area contributed by atoms with Gasteiger partial charge in [-0.3, -0.25) is 14.4 Å². The first-order chi connectivity index (χ1) is 13.6. The fourth-order valence-electron chi connectivity index (χ4n) is 2.57. The lowest BCUT2D eigenvalue weighted by Gasteiger charge is -2.22. The zero-order valence-corrected chi connectivity index (χ0v) is 17.8. The highest BCUT2D eigenvalue weighted by Gasteiger charge is 2.30. The number of phenols is 1. The summed E-state index contributed by atoms with van der Waals surface area (Å²) in [5.74, 6) is -0.718. The van der Waals surface area contributed by atoms with Crippen LogP contribution in [0.15, 0.2) is 26.6 Å². The van der Waals surface area contributed by atoms with Gasteiger partial charge in [0.05, 0.1) is 24.4 Å². The van der Waals surface area contributed by atoms with E-state index in [0.717, 1.165) is 14.2 Å². The Morgan fingerprint density at radius 3 is 2.38 bits per heavy atom. The van der Waals surface area contributed by atoms with E-state index in [9.17, 15) is 23.1 Å². The predicted octanol–water partition coefficient (Wildman–Crippen LogP) is 1.40. The van der Waals surface area contributed by atoms with Gasteiger partial charge in [0.15, 0.2) is 5.75 Å². The standard InChI is InChI=1S/C17H22ClN3O7S/c1-5-9(8-27-3)19-12-13(16(24)15(12)23)20-11-7-6-10(18)17(14(11)22)29(25,26)21(2)28-4/h6-7,9,19-20,22H,5,8H2,1-4H3/t9-/m1/s1. The summed E-state index contributed by atoms with van der Waals surface area (Å²) in [6.45, 7) is 2.19. The van der Waals surface area contributed by atoms with Crippen LogP contribution in [0.4, 0.5) is 17.1 Å². The van der Waals surface area contributed by atoms with Gasteiger partial charge in [-0.15, -0.1) is 0 Å². The van der Waals surface area contributed by atoms with E-state index in [0.29, 0.717) is 17.5 Å². The number of rotatable bonds is 10. The summed E-state index contributed by atoms with van der Waals surface area (Å²) in [5.41, 5.74) is -1.69. The van der Waals surface area contributed by atoms with Crippen molar-refractivity contribution in [1.29, 1.82) is 0 Å². The topological polar surface area (TPSA) is 134 Å². The predicted molar refractivity (Wildman–Crippen MR) is 109 cm³/mol. The lowest BCUT2D eigenvalue weighted by molar-refractivity contribution is -0.0259. The molecule has 0 radical (unpaired) electrons. The molecule has 0 unspecified atom stereocenters. The van der Waals surface area contributed by atoms with E-state index < -0.39 is 31.5 Å². The molecule has 0 fully saturated rings. The SMILES string of the molecule is CC[C@H](COC)Nc1c(Nc2ccc(Cl)c(S(=O)(=O)N(C)OC)c2O)c(=O)c1=O. The van der Waals surface area contributed by atoms with E-state index in [4.69, 9.17) is 16.3 Å². The smallest absolute Gasteiger partial charge is 0.269 e. The molecule has 0 aliphatic heterocycles. The first kappa shape index (κ1) is 23.1. The fourth-order valence-corrected chi connectivity index (χ4v) is 4.14. The third kappa shape index (κ3) is 4.38. The Morgan fingerprint density at radius 1 is 1.21 bits per heavy atom. The molecule has 2 aromatic carbocycles. The Morgan fingerprint density at radius 2 is 1.83 bits per heavy atom. The number of nitrogens with zero attached hydrogens (tertiary/aromatic N) is 1. The van der Waals surface area contributed by atoms with Gasteiger partial charge in [0.1, 0.15) is 16.3 Å². The van der Waals surface area contributed by atoms with Crippen LogP contribution < -0.4 is 21.5 Å². The minimum atomic E-state index is -4.28. The molecule has 0 heterocycles. The number of aromatic hydroxyl groups is 1. The number of sulfonamides is 1. The summed E-state index contributed by atoms with van der Waals surface area (Å²) in [5, 5.41) is 15.8. The number of benzene rings is 1. The molecule has 0 amide bonds. The summed E-state index contributed by atoms with van der Waals surface area (Å²) in [7, 11) is -0.502. The Kier molecular flexibility index (Phi) is 7.25. The summed E-state index contributed by atoms with van der Waals surface area (Å²) in [4.78, 5) is 28.1. The van der Waals surface area contributed by atoms with Crippen LogP contribution >= 0.6 is 11.6 Å². The van der Waals surface area contributed by atoms with Crippen molar-refractivity contribution < 1.29 is 23.1 Å². The van der Waals surface area contributed by atoms with Gasteiger partial charge < -0.3 is 20.5 Å². The van der Waals surface area contributed by atoms with E-state index in [-0.39, 0.29) is 28.1 Å². The number of ether oxygens (including phenoxy) is 1. The molecule has 0 saturated carbocycles. The summed E-state index contributed by atoms with van der Waals surface area (Å²) >= 11 is 5.97. The van der Waals surface area contributed by atoms with Gasteiger partial charge in [-0.1, -0.05) is 23.0 Å². The summed E-state index contributed by atoms with van der Waals surface area (Å²) in [6, 6.07) is 2.31.